The number of rotatable bonds is 8. The summed E-state index contributed by atoms with van der Waals surface area (Å²) < 4.78 is 217. The van der Waals surface area contributed by atoms with Gasteiger partial charge in [-0.2, -0.15) is 74.6 Å². The second-order valence-corrected chi connectivity index (χ2v) is 6.04. The zero-order valence-electron chi connectivity index (χ0n) is 12.4. The van der Waals surface area contributed by atoms with E-state index < -0.39 is 69.5 Å². The van der Waals surface area contributed by atoms with E-state index in [1.165, 1.54) is 0 Å². The Kier molecular flexibility index (Phi) is 6.71. The molecule has 0 aliphatic rings. The predicted octanol–water partition coefficient (Wildman–Crippen LogP) is 6.61. The van der Waals surface area contributed by atoms with Crippen LogP contribution in [0.25, 0.3) is 0 Å². The molecular weight excluding hydrogens is 474 g/mol. The molecule has 0 aliphatic heterocycles. The molecule has 0 amide bonds. The lowest BCUT2D eigenvalue weighted by Gasteiger charge is -2.42. The van der Waals surface area contributed by atoms with Crippen LogP contribution in [0.5, 0.6) is 0 Å². The van der Waals surface area contributed by atoms with Crippen LogP contribution in [-0.2, 0) is 0 Å². The third-order valence-electron chi connectivity index (χ3n) is 3.18. The first-order valence-electron chi connectivity index (χ1n) is 6.21. The monoisotopic (exact) mass is 480 g/mol. The van der Waals surface area contributed by atoms with Gasteiger partial charge in [0, 0.05) is 12.8 Å². The molecular formula is C10H6F17P. The fourth-order valence-electron chi connectivity index (χ4n) is 1.49. The standard InChI is InChI=1S/C10H6F17P/c11-3(12,1-2-4(13,14)15)5(16,17)6(18,19)7(20,21)8(22,23)9(24,25)10(26,27)28/h1-2,28H2. The van der Waals surface area contributed by atoms with Crippen LogP contribution in [0.3, 0.4) is 0 Å². The van der Waals surface area contributed by atoms with Crippen molar-refractivity contribution >= 4 is 9.24 Å². The van der Waals surface area contributed by atoms with Crippen LogP contribution in [0.1, 0.15) is 12.8 Å². The summed E-state index contributed by atoms with van der Waals surface area (Å²) in [7, 11) is -0.470. The Morgan fingerprint density at radius 3 is 0.964 bits per heavy atom. The van der Waals surface area contributed by atoms with Gasteiger partial charge < -0.3 is 0 Å². The van der Waals surface area contributed by atoms with E-state index in [0.717, 1.165) is 0 Å². The highest BCUT2D eigenvalue weighted by atomic mass is 31.0. The fourth-order valence-corrected chi connectivity index (χ4v) is 1.67. The van der Waals surface area contributed by atoms with Gasteiger partial charge in [-0.25, -0.2) is 0 Å². The molecule has 0 N–H and O–H groups in total. The Labute approximate surface area is 145 Å². The summed E-state index contributed by atoms with van der Waals surface area (Å²) in [6, 6.07) is 0. The lowest BCUT2D eigenvalue weighted by Crippen LogP contribution is -2.72. The molecule has 1 atom stereocenters. The maximum atomic E-state index is 13.2. The van der Waals surface area contributed by atoms with Crippen LogP contribution in [0, 0.1) is 0 Å². The lowest BCUT2D eigenvalue weighted by atomic mass is 9.90. The van der Waals surface area contributed by atoms with E-state index in [9.17, 15) is 74.6 Å². The minimum absolute atomic E-state index is 0.470. The smallest absolute Gasteiger partial charge is 0.200 e. The molecule has 0 aliphatic carbocycles. The predicted molar refractivity (Wildman–Crippen MR) is 59.6 cm³/mol. The summed E-state index contributed by atoms with van der Waals surface area (Å²) in [4.78, 5) is 0. The summed E-state index contributed by atoms with van der Waals surface area (Å²) in [5.74, 6) is -46.6. The molecule has 0 aromatic heterocycles. The summed E-state index contributed by atoms with van der Waals surface area (Å²) >= 11 is 0. The SMILES string of the molecule is FC(F)(F)CCC(F)(F)C(F)(F)C(F)(F)C(F)(F)C(F)(F)C(F)(F)C(F)(F)P. The van der Waals surface area contributed by atoms with Gasteiger partial charge in [0.1, 0.15) is 0 Å². The third-order valence-corrected chi connectivity index (χ3v) is 3.54. The van der Waals surface area contributed by atoms with Gasteiger partial charge in [-0.15, -0.1) is 0 Å². The number of alkyl halides is 17. The van der Waals surface area contributed by atoms with E-state index in [-0.39, 0.29) is 0 Å². The Morgan fingerprint density at radius 1 is 0.393 bits per heavy atom. The molecule has 0 nitrogen and oxygen atoms in total. The van der Waals surface area contributed by atoms with Gasteiger partial charge in [0.15, 0.2) is 0 Å². The number of halogens is 17. The largest absolute Gasteiger partial charge is 0.389 e. The molecule has 0 radical (unpaired) electrons. The van der Waals surface area contributed by atoms with E-state index in [4.69, 9.17) is 0 Å². The Bertz CT molecular complexity index is 553. The first kappa shape index (κ1) is 27.2. The maximum Gasteiger partial charge on any atom is 0.389 e. The number of hydrogen-bond acceptors (Lipinski definition) is 0. The van der Waals surface area contributed by atoms with Crippen LogP contribution in [0.4, 0.5) is 74.6 Å². The third kappa shape index (κ3) is 4.09. The minimum Gasteiger partial charge on any atom is -0.200 e. The molecule has 0 aromatic carbocycles. The second-order valence-electron chi connectivity index (χ2n) is 5.31. The molecule has 28 heavy (non-hydrogen) atoms. The lowest BCUT2D eigenvalue weighted by molar-refractivity contribution is -0.435. The quantitative estimate of drug-likeness (QED) is 0.271. The van der Waals surface area contributed by atoms with Crippen molar-refractivity contribution in [2.24, 2.45) is 0 Å². The highest BCUT2D eigenvalue weighted by molar-refractivity contribution is 7.18. The molecule has 0 bridgehead atoms. The highest BCUT2D eigenvalue weighted by Gasteiger charge is 2.92. The van der Waals surface area contributed by atoms with E-state index in [0.29, 0.717) is 0 Å². The summed E-state index contributed by atoms with van der Waals surface area (Å²) in [6.45, 7) is 0. The van der Waals surface area contributed by atoms with Gasteiger partial charge in [0.25, 0.3) is 0 Å². The minimum atomic E-state index is -8.27. The summed E-state index contributed by atoms with van der Waals surface area (Å²) in [6.07, 6.45) is -12.1. The van der Waals surface area contributed by atoms with E-state index in [1.54, 1.807) is 0 Å². The topological polar surface area (TPSA) is 0 Å². The molecule has 170 valence electrons. The highest BCUT2D eigenvalue weighted by Crippen LogP contribution is 2.63. The molecule has 0 saturated heterocycles. The Morgan fingerprint density at radius 2 is 0.679 bits per heavy atom. The van der Waals surface area contributed by atoms with Crippen molar-refractivity contribution in [2.75, 3.05) is 0 Å². The Hall–Kier alpha value is -0.760. The normalized spacial score (nSPS) is 16.5. The zero-order chi connectivity index (χ0) is 23.4. The van der Waals surface area contributed by atoms with Crippen molar-refractivity contribution in [1.82, 2.24) is 0 Å². The molecule has 1 unspecified atom stereocenters. The molecule has 0 aromatic rings. The zero-order valence-corrected chi connectivity index (χ0v) is 13.6. The van der Waals surface area contributed by atoms with Gasteiger partial charge in [-0.3, -0.25) is 0 Å². The Balaban J connectivity index is 6.32. The molecule has 0 rings (SSSR count). The van der Waals surface area contributed by atoms with Crippen molar-refractivity contribution in [3.63, 3.8) is 0 Å². The van der Waals surface area contributed by atoms with Gasteiger partial charge in [-0.05, 0) is 0 Å². The summed E-state index contributed by atoms with van der Waals surface area (Å²) in [5.41, 5.74) is -6.32. The average Bonchev–Trinajstić information content (AvgIpc) is 2.42. The van der Waals surface area contributed by atoms with E-state index in [2.05, 4.69) is 0 Å². The van der Waals surface area contributed by atoms with Gasteiger partial charge in [0.05, 0.1) is 0 Å². The van der Waals surface area contributed by atoms with E-state index in [1.807, 2.05) is 0 Å². The van der Waals surface area contributed by atoms with Gasteiger partial charge >= 0.3 is 47.4 Å². The van der Waals surface area contributed by atoms with Crippen molar-refractivity contribution < 1.29 is 74.6 Å². The average molecular weight is 480 g/mol. The van der Waals surface area contributed by atoms with Crippen LogP contribution in [-0.4, -0.2) is 47.4 Å². The first-order chi connectivity index (χ1) is 11.7. The van der Waals surface area contributed by atoms with Crippen molar-refractivity contribution in [3.8, 4) is 0 Å². The molecule has 0 saturated carbocycles. The molecule has 18 heteroatoms. The second kappa shape index (κ2) is 6.89. The van der Waals surface area contributed by atoms with Gasteiger partial charge in [0.2, 0.25) is 0 Å². The first-order valence-corrected chi connectivity index (χ1v) is 6.79. The maximum absolute atomic E-state index is 13.2. The van der Waals surface area contributed by atoms with Crippen LogP contribution >= 0.6 is 9.24 Å². The van der Waals surface area contributed by atoms with Crippen LogP contribution < -0.4 is 0 Å². The molecule has 0 heterocycles. The molecule has 0 fully saturated rings. The molecule has 0 spiro atoms. The van der Waals surface area contributed by atoms with Gasteiger partial charge in [-0.1, -0.05) is 9.24 Å². The van der Waals surface area contributed by atoms with Crippen molar-refractivity contribution in [1.29, 1.82) is 0 Å². The fraction of sp³-hybridized carbons (Fsp3) is 1.00. The summed E-state index contributed by atoms with van der Waals surface area (Å²) in [5, 5.41) is 0. The van der Waals surface area contributed by atoms with Crippen LogP contribution in [0.2, 0.25) is 0 Å². The van der Waals surface area contributed by atoms with E-state index >= 15 is 0 Å². The number of hydrogen-bond donors (Lipinski definition) is 0. The van der Waals surface area contributed by atoms with Crippen LogP contribution in [0.15, 0.2) is 0 Å². The van der Waals surface area contributed by atoms with Crippen molar-refractivity contribution in [2.45, 2.75) is 60.2 Å². The van der Waals surface area contributed by atoms with Crippen molar-refractivity contribution in [3.05, 3.63) is 0 Å².